The van der Waals surface area contributed by atoms with E-state index in [0.29, 0.717) is 0 Å². The third-order valence-corrected chi connectivity index (χ3v) is 5.51. The summed E-state index contributed by atoms with van der Waals surface area (Å²) < 4.78 is 1.01. The summed E-state index contributed by atoms with van der Waals surface area (Å²) in [6, 6.07) is 10.8. The van der Waals surface area contributed by atoms with Crippen LogP contribution in [0.5, 0.6) is 0 Å². The van der Waals surface area contributed by atoms with E-state index in [0.717, 1.165) is 10.2 Å². The number of rotatable bonds is 1. The molecule has 21 heavy (non-hydrogen) atoms. The van der Waals surface area contributed by atoms with Gasteiger partial charge in [-0.05, 0) is 80.0 Å². The first-order valence-corrected chi connectivity index (χ1v) is 8.05. The Kier molecular flexibility index (Phi) is 3.26. The molecule has 3 rings (SSSR count). The van der Waals surface area contributed by atoms with Gasteiger partial charge in [0.05, 0.1) is 5.69 Å². The van der Waals surface area contributed by atoms with Crippen molar-refractivity contribution in [2.24, 2.45) is 0 Å². The SMILES string of the molecule is CN1C(C)(C)c2ccc(-c3ccc(Br)cn3)cc2C1(C)C. The average Bonchev–Trinajstić information content (AvgIpc) is 2.58. The van der Waals surface area contributed by atoms with E-state index in [-0.39, 0.29) is 11.1 Å². The van der Waals surface area contributed by atoms with Gasteiger partial charge >= 0.3 is 0 Å². The zero-order valence-electron chi connectivity index (χ0n) is 13.2. The van der Waals surface area contributed by atoms with Crippen LogP contribution in [0.3, 0.4) is 0 Å². The molecule has 1 aromatic carbocycles. The number of fused-ring (bicyclic) bond motifs is 1. The molecule has 2 heterocycles. The molecule has 0 spiro atoms. The molecule has 0 N–H and O–H groups in total. The highest BCUT2D eigenvalue weighted by Crippen LogP contribution is 2.48. The Labute approximate surface area is 135 Å². The van der Waals surface area contributed by atoms with Gasteiger partial charge in [0.15, 0.2) is 0 Å². The van der Waals surface area contributed by atoms with Gasteiger partial charge in [-0.2, -0.15) is 0 Å². The Balaban J connectivity index is 2.15. The number of nitrogens with zero attached hydrogens (tertiary/aromatic N) is 2. The predicted molar refractivity (Wildman–Crippen MR) is 91.2 cm³/mol. The van der Waals surface area contributed by atoms with Crippen LogP contribution in [0.4, 0.5) is 0 Å². The predicted octanol–water partition coefficient (Wildman–Crippen LogP) is 4.93. The van der Waals surface area contributed by atoms with Gasteiger partial charge in [-0.15, -0.1) is 0 Å². The normalized spacial score (nSPS) is 19.5. The van der Waals surface area contributed by atoms with Gasteiger partial charge < -0.3 is 0 Å². The molecule has 1 aromatic heterocycles. The van der Waals surface area contributed by atoms with Crippen LogP contribution < -0.4 is 0 Å². The molecular formula is C18H21BrN2. The zero-order chi connectivity index (χ0) is 15.4. The van der Waals surface area contributed by atoms with Crippen molar-refractivity contribution >= 4 is 15.9 Å². The summed E-state index contributed by atoms with van der Waals surface area (Å²) in [6.07, 6.45) is 1.85. The van der Waals surface area contributed by atoms with Gasteiger partial charge in [-0.25, -0.2) is 0 Å². The summed E-state index contributed by atoms with van der Waals surface area (Å²) in [5.74, 6) is 0. The molecule has 1 aliphatic rings. The molecule has 0 radical (unpaired) electrons. The maximum absolute atomic E-state index is 4.52. The quantitative estimate of drug-likeness (QED) is 0.729. The highest BCUT2D eigenvalue weighted by molar-refractivity contribution is 9.10. The molecule has 0 fully saturated rings. The minimum Gasteiger partial charge on any atom is -0.288 e. The molecule has 2 nitrogen and oxygen atoms in total. The summed E-state index contributed by atoms with van der Waals surface area (Å²) in [6.45, 7) is 9.16. The molecule has 0 saturated carbocycles. The standard InChI is InChI=1S/C18H21BrN2/c1-17(2)14-8-6-12(16-9-7-13(19)11-20-16)10-15(14)18(3,4)21(17)5/h6-11H,1-5H3. The highest BCUT2D eigenvalue weighted by Gasteiger charge is 2.46. The number of pyridine rings is 1. The van der Waals surface area contributed by atoms with E-state index in [9.17, 15) is 0 Å². The van der Waals surface area contributed by atoms with Crippen molar-refractivity contribution in [1.29, 1.82) is 0 Å². The van der Waals surface area contributed by atoms with E-state index in [4.69, 9.17) is 0 Å². The highest BCUT2D eigenvalue weighted by atomic mass is 79.9. The Morgan fingerprint density at radius 2 is 1.62 bits per heavy atom. The lowest BCUT2D eigenvalue weighted by atomic mass is 9.88. The van der Waals surface area contributed by atoms with Gasteiger partial charge in [-0.3, -0.25) is 9.88 Å². The minimum atomic E-state index is 0.0320. The molecule has 110 valence electrons. The van der Waals surface area contributed by atoms with Crippen molar-refractivity contribution in [2.75, 3.05) is 7.05 Å². The van der Waals surface area contributed by atoms with Crippen LogP contribution in [0, 0.1) is 0 Å². The summed E-state index contributed by atoms with van der Waals surface area (Å²) >= 11 is 3.44. The van der Waals surface area contributed by atoms with Crippen LogP contribution in [-0.2, 0) is 11.1 Å². The first kappa shape index (κ1) is 14.7. The van der Waals surface area contributed by atoms with Crippen LogP contribution in [0.1, 0.15) is 38.8 Å². The molecule has 0 amide bonds. The zero-order valence-corrected chi connectivity index (χ0v) is 14.8. The third-order valence-electron chi connectivity index (χ3n) is 5.04. The number of halogens is 1. The second kappa shape index (κ2) is 4.65. The number of hydrogen-bond donors (Lipinski definition) is 0. The van der Waals surface area contributed by atoms with Crippen molar-refractivity contribution in [3.63, 3.8) is 0 Å². The van der Waals surface area contributed by atoms with Crippen LogP contribution in [0.25, 0.3) is 11.3 Å². The van der Waals surface area contributed by atoms with E-state index in [1.807, 2.05) is 12.3 Å². The van der Waals surface area contributed by atoms with E-state index in [1.165, 1.54) is 16.7 Å². The second-order valence-corrected chi connectivity index (χ2v) is 7.71. The first-order chi connectivity index (χ1) is 9.74. The lowest BCUT2D eigenvalue weighted by molar-refractivity contribution is 0.0730. The van der Waals surface area contributed by atoms with Gasteiger partial charge in [0.2, 0.25) is 0 Å². The van der Waals surface area contributed by atoms with E-state index in [2.05, 4.69) is 84.8 Å². The van der Waals surface area contributed by atoms with Gasteiger partial charge in [-0.1, -0.05) is 12.1 Å². The Hall–Kier alpha value is -1.19. The monoisotopic (exact) mass is 344 g/mol. The van der Waals surface area contributed by atoms with Gasteiger partial charge in [0.1, 0.15) is 0 Å². The van der Waals surface area contributed by atoms with Crippen molar-refractivity contribution in [3.05, 3.63) is 52.1 Å². The average molecular weight is 345 g/mol. The minimum absolute atomic E-state index is 0.0320. The smallest absolute Gasteiger partial charge is 0.0702 e. The summed E-state index contributed by atoms with van der Waals surface area (Å²) in [7, 11) is 2.21. The topological polar surface area (TPSA) is 16.1 Å². The molecule has 0 bridgehead atoms. The van der Waals surface area contributed by atoms with Crippen molar-refractivity contribution in [2.45, 2.75) is 38.8 Å². The lowest BCUT2D eigenvalue weighted by Gasteiger charge is -2.37. The summed E-state index contributed by atoms with van der Waals surface area (Å²) in [4.78, 5) is 6.96. The molecule has 0 aliphatic carbocycles. The fourth-order valence-corrected chi connectivity index (χ4v) is 3.58. The largest absolute Gasteiger partial charge is 0.288 e. The first-order valence-electron chi connectivity index (χ1n) is 7.25. The van der Waals surface area contributed by atoms with Crippen molar-refractivity contribution in [1.82, 2.24) is 9.88 Å². The Morgan fingerprint density at radius 1 is 0.952 bits per heavy atom. The van der Waals surface area contributed by atoms with E-state index < -0.39 is 0 Å². The molecule has 0 saturated heterocycles. The van der Waals surface area contributed by atoms with Crippen LogP contribution >= 0.6 is 15.9 Å². The van der Waals surface area contributed by atoms with Crippen molar-refractivity contribution < 1.29 is 0 Å². The third kappa shape index (κ3) is 2.14. The lowest BCUT2D eigenvalue weighted by Crippen LogP contribution is -2.42. The fraction of sp³-hybridized carbons (Fsp3) is 0.389. The maximum atomic E-state index is 4.52. The molecule has 0 atom stereocenters. The van der Waals surface area contributed by atoms with Crippen molar-refractivity contribution in [3.8, 4) is 11.3 Å². The van der Waals surface area contributed by atoms with E-state index >= 15 is 0 Å². The molecule has 3 heteroatoms. The molecule has 2 aromatic rings. The number of benzene rings is 1. The Bertz CT molecular complexity index is 687. The molecule has 1 aliphatic heterocycles. The Morgan fingerprint density at radius 3 is 2.24 bits per heavy atom. The van der Waals surface area contributed by atoms with Crippen LogP contribution in [0.2, 0.25) is 0 Å². The summed E-state index contributed by atoms with van der Waals surface area (Å²) in [5.41, 5.74) is 5.10. The second-order valence-electron chi connectivity index (χ2n) is 6.80. The number of hydrogen-bond acceptors (Lipinski definition) is 2. The van der Waals surface area contributed by atoms with Crippen LogP contribution in [-0.4, -0.2) is 16.9 Å². The van der Waals surface area contributed by atoms with Gasteiger partial charge in [0, 0.05) is 27.3 Å². The summed E-state index contributed by atoms with van der Waals surface area (Å²) in [5, 5.41) is 0. The number of aromatic nitrogens is 1. The van der Waals surface area contributed by atoms with Gasteiger partial charge in [0.25, 0.3) is 0 Å². The van der Waals surface area contributed by atoms with E-state index in [1.54, 1.807) is 0 Å². The fourth-order valence-electron chi connectivity index (χ4n) is 3.35. The molecular weight excluding hydrogens is 324 g/mol. The molecule has 0 unspecified atom stereocenters. The maximum Gasteiger partial charge on any atom is 0.0702 e. The van der Waals surface area contributed by atoms with Crippen LogP contribution in [0.15, 0.2) is 41.0 Å².